The minimum Gasteiger partial charge on any atom is -0.317 e. The molecule has 1 rings (SSSR count). The van der Waals surface area contributed by atoms with Crippen molar-refractivity contribution < 1.29 is 4.79 Å². The Morgan fingerprint density at radius 3 is 2.36 bits per heavy atom. The SMILES string of the molecule is CNC1CC(C(=O)C(C)C)C1. The van der Waals surface area contributed by atoms with Gasteiger partial charge in [-0.2, -0.15) is 0 Å². The van der Waals surface area contributed by atoms with E-state index in [4.69, 9.17) is 0 Å². The summed E-state index contributed by atoms with van der Waals surface area (Å²) < 4.78 is 0. The maximum atomic E-state index is 11.4. The Morgan fingerprint density at radius 2 is 2.00 bits per heavy atom. The van der Waals surface area contributed by atoms with E-state index in [1.807, 2.05) is 20.9 Å². The molecule has 2 heteroatoms. The molecule has 0 heterocycles. The molecule has 1 saturated carbocycles. The molecule has 1 N–H and O–H groups in total. The average Bonchev–Trinajstić information content (AvgIpc) is 1.85. The summed E-state index contributed by atoms with van der Waals surface area (Å²) in [6.07, 6.45) is 2.10. The van der Waals surface area contributed by atoms with Gasteiger partial charge >= 0.3 is 0 Å². The molecule has 2 nitrogen and oxygen atoms in total. The summed E-state index contributed by atoms with van der Waals surface area (Å²) in [6, 6.07) is 0.600. The first-order valence-electron chi connectivity index (χ1n) is 4.36. The highest BCUT2D eigenvalue weighted by atomic mass is 16.1. The van der Waals surface area contributed by atoms with Crippen LogP contribution in [-0.4, -0.2) is 18.9 Å². The Hall–Kier alpha value is -0.370. The van der Waals surface area contributed by atoms with Gasteiger partial charge < -0.3 is 5.32 Å². The first-order valence-corrected chi connectivity index (χ1v) is 4.36. The van der Waals surface area contributed by atoms with Crippen molar-refractivity contribution in [3.05, 3.63) is 0 Å². The normalized spacial score (nSPS) is 30.2. The van der Waals surface area contributed by atoms with E-state index in [9.17, 15) is 4.79 Å². The molecule has 0 saturated heterocycles. The summed E-state index contributed by atoms with van der Waals surface area (Å²) in [7, 11) is 1.96. The number of ketones is 1. The molecule has 11 heavy (non-hydrogen) atoms. The zero-order valence-corrected chi connectivity index (χ0v) is 7.55. The number of hydrogen-bond acceptors (Lipinski definition) is 2. The third-order valence-electron chi connectivity index (χ3n) is 2.52. The van der Waals surface area contributed by atoms with Crippen LogP contribution in [0.25, 0.3) is 0 Å². The molecule has 0 aliphatic heterocycles. The van der Waals surface area contributed by atoms with Crippen molar-refractivity contribution >= 4 is 5.78 Å². The highest BCUT2D eigenvalue weighted by molar-refractivity contribution is 5.83. The Kier molecular flexibility index (Phi) is 2.66. The third-order valence-corrected chi connectivity index (χ3v) is 2.52. The van der Waals surface area contributed by atoms with Crippen molar-refractivity contribution in [1.29, 1.82) is 0 Å². The van der Waals surface area contributed by atoms with Crippen LogP contribution in [0.15, 0.2) is 0 Å². The van der Waals surface area contributed by atoms with Crippen LogP contribution in [0, 0.1) is 11.8 Å². The molecule has 0 aromatic carbocycles. The lowest BCUT2D eigenvalue weighted by Crippen LogP contribution is -2.43. The van der Waals surface area contributed by atoms with Crippen LogP contribution in [0.2, 0.25) is 0 Å². The molecule has 0 aromatic rings. The van der Waals surface area contributed by atoms with E-state index in [-0.39, 0.29) is 5.92 Å². The van der Waals surface area contributed by atoms with Gasteiger partial charge in [0.2, 0.25) is 0 Å². The van der Waals surface area contributed by atoms with Gasteiger partial charge in [0, 0.05) is 17.9 Å². The summed E-state index contributed by atoms with van der Waals surface area (Å²) >= 11 is 0. The largest absolute Gasteiger partial charge is 0.317 e. The first kappa shape index (κ1) is 8.72. The van der Waals surface area contributed by atoms with Crippen molar-refractivity contribution in [2.24, 2.45) is 11.8 Å². The molecule has 1 aliphatic carbocycles. The Morgan fingerprint density at radius 1 is 1.45 bits per heavy atom. The molecule has 64 valence electrons. The molecule has 0 bridgehead atoms. The van der Waals surface area contributed by atoms with E-state index in [0.29, 0.717) is 17.7 Å². The van der Waals surface area contributed by atoms with Gasteiger partial charge in [-0.05, 0) is 19.9 Å². The van der Waals surface area contributed by atoms with Crippen LogP contribution in [0.5, 0.6) is 0 Å². The van der Waals surface area contributed by atoms with Crippen molar-refractivity contribution in [1.82, 2.24) is 5.32 Å². The smallest absolute Gasteiger partial charge is 0.138 e. The minimum atomic E-state index is 0.220. The number of carbonyl (C=O) groups is 1. The zero-order valence-electron chi connectivity index (χ0n) is 7.55. The molecule has 1 aliphatic rings. The second-order valence-electron chi connectivity index (χ2n) is 3.71. The van der Waals surface area contributed by atoms with E-state index < -0.39 is 0 Å². The van der Waals surface area contributed by atoms with Crippen LogP contribution < -0.4 is 5.32 Å². The molecule has 0 radical (unpaired) electrons. The van der Waals surface area contributed by atoms with Crippen molar-refractivity contribution in [3.63, 3.8) is 0 Å². The van der Waals surface area contributed by atoms with Crippen LogP contribution in [-0.2, 0) is 4.79 Å². The lowest BCUT2D eigenvalue weighted by molar-refractivity contribution is -0.129. The summed E-state index contributed by atoms with van der Waals surface area (Å²) in [4.78, 5) is 11.4. The van der Waals surface area contributed by atoms with E-state index in [1.165, 1.54) is 0 Å². The Bertz CT molecular complexity index is 148. The highest BCUT2D eigenvalue weighted by Gasteiger charge is 2.33. The van der Waals surface area contributed by atoms with Gasteiger partial charge in [-0.15, -0.1) is 0 Å². The van der Waals surface area contributed by atoms with Gasteiger partial charge in [0.1, 0.15) is 5.78 Å². The Balaban J connectivity index is 2.27. The van der Waals surface area contributed by atoms with E-state index in [0.717, 1.165) is 12.8 Å². The van der Waals surface area contributed by atoms with Gasteiger partial charge in [0.25, 0.3) is 0 Å². The number of carbonyl (C=O) groups excluding carboxylic acids is 1. The molecule has 0 amide bonds. The monoisotopic (exact) mass is 155 g/mol. The maximum absolute atomic E-state index is 11.4. The highest BCUT2D eigenvalue weighted by Crippen LogP contribution is 2.29. The van der Waals surface area contributed by atoms with Crippen LogP contribution in [0.4, 0.5) is 0 Å². The third kappa shape index (κ3) is 1.80. The molecule has 0 unspecified atom stereocenters. The summed E-state index contributed by atoms with van der Waals surface area (Å²) in [5.74, 6) is 1.02. The quantitative estimate of drug-likeness (QED) is 0.663. The van der Waals surface area contributed by atoms with Gasteiger partial charge in [-0.25, -0.2) is 0 Å². The van der Waals surface area contributed by atoms with Crippen LogP contribution in [0.1, 0.15) is 26.7 Å². The van der Waals surface area contributed by atoms with Gasteiger partial charge in [-0.1, -0.05) is 13.8 Å². The van der Waals surface area contributed by atoms with E-state index >= 15 is 0 Å². The summed E-state index contributed by atoms with van der Waals surface area (Å²) in [6.45, 7) is 3.96. The number of Topliss-reactive ketones (excluding diaryl/α,β-unsaturated/α-hetero) is 1. The number of rotatable bonds is 3. The van der Waals surface area contributed by atoms with E-state index in [2.05, 4.69) is 5.32 Å². The van der Waals surface area contributed by atoms with Crippen LogP contribution >= 0.6 is 0 Å². The van der Waals surface area contributed by atoms with Gasteiger partial charge in [-0.3, -0.25) is 4.79 Å². The molecule has 0 atom stereocenters. The summed E-state index contributed by atoms with van der Waals surface area (Å²) in [5.41, 5.74) is 0. The second kappa shape index (κ2) is 3.35. The maximum Gasteiger partial charge on any atom is 0.138 e. The second-order valence-corrected chi connectivity index (χ2v) is 3.71. The molecule has 0 aromatic heterocycles. The predicted molar refractivity (Wildman–Crippen MR) is 45.4 cm³/mol. The van der Waals surface area contributed by atoms with Gasteiger partial charge in [0.05, 0.1) is 0 Å². The Labute approximate surface area is 68.4 Å². The number of hydrogen-bond donors (Lipinski definition) is 1. The summed E-state index contributed by atoms with van der Waals surface area (Å²) in [5, 5.41) is 3.17. The molecule has 1 fully saturated rings. The van der Waals surface area contributed by atoms with Gasteiger partial charge in [0.15, 0.2) is 0 Å². The molecule has 0 spiro atoms. The molecular formula is C9H17NO. The topological polar surface area (TPSA) is 29.1 Å². The fraction of sp³-hybridized carbons (Fsp3) is 0.889. The minimum absolute atomic E-state index is 0.220. The van der Waals surface area contributed by atoms with Crippen molar-refractivity contribution in [2.75, 3.05) is 7.05 Å². The fourth-order valence-electron chi connectivity index (χ4n) is 1.56. The predicted octanol–water partition coefficient (Wildman–Crippen LogP) is 1.21. The first-order chi connectivity index (χ1) is 5.15. The number of nitrogens with one attached hydrogen (secondary N) is 1. The van der Waals surface area contributed by atoms with E-state index in [1.54, 1.807) is 0 Å². The van der Waals surface area contributed by atoms with Crippen LogP contribution in [0.3, 0.4) is 0 Å². The zero-order chi connectivity index (χ0) is 8.43. The standard InChI is InChI=1S/C9H17NO/c1-6(2)9(11)7-4-8(5-7)10-3/h6-8,10H,4-5H2,1-3H3. The lowest BCUT2D eigenvalue weighted by Gasteiger charge is -2.34. The lowest BCUT2D eigenvalue weighted by atomic mass is 9.75. The molecular weight excluding hydrogens is 138 g/mol. The van der Waals surface area contributed by atoms with Crippen molar-refractivity contribution in [3.8, 4) is 0 Å². The fourth-order valence-corrected chi connectivity index (χ4v) is 1.56. The van der Waals surface area contributed by atoms with Crippen molar-refractivity contribution in [2.45, 2.75) is 32.7 Å². The average molecular weight is 155 g/mol.